The minimum Gasteiger partial charge on any atom is -0.466 e. The fraction of sp³-hybridized carbons (Fsp3) is 0.750. The molecule has 1 heterocycles. The lowest BCUT2D eigenvalue weighted by atomic mass is 10.4. The van der Waals surface area contributed by atoms with Crippen molar-refractivity contribution < 1.29 is 9.53 Å². The molecule has 0 amide bonds. The molecule has 1 aliphatic rings. The van der Waals surface area contributed by atoms with Gasteiger partial charge in [-0.2, -0.15) is 5.26 Å². The van der Waals surface area contributed by atoms with E-state index in [1.807, 2.05) is 4.90 Å². The zero-order valence-electron chi connectivity index (χ0n) is 7.12. The van der Waals surface area contributed by atoms with Crippen LogP contribution in [0.1, 0.15) is 13.3 Å². The summed E-state index contributed by atoms with van der Waals surface area (Å²) in [7, 11) is 0. The number of ether oxygens (including phenoxy) is 1. The molecule has 0 radical (unpaired) electrons. The van der Waals surface area contributed by atoms with E-state index in [0.29, 0.717) is 19.6 Å². The quantitative estimate of drug-likeness (QED) is 0.443. The molecule has 1 saturated heterocycles. The summed E-state index contributed by atoms with van der Waals surface area (Å²) in [6.07, 6.45) is 0.395. The molecule has 1 aliphatic heterocycles. The first-order valence-electron chi connectivity index (χ1n) is 4.07. The van der Waals surface area contributed by atoms with Crippen LogP contribution in [0.25, 0.3) is 0 Å². The average molecular weight is 168 g/mol. The average Bonchev–Trinajstić information content (AvgIpc) is 2.80. The molecule has 1 fully saturated rings. The maximum absolute atomic E-state index is 10.8. The molecule has 0 aromatic carbocycles. The van der Waals surface area contributed by atoms with Crippen molar-refractivity contribution >= 4 is 5.97 Å². The Labute approximate surface area is 71.7 Å². The molecule has 0 bridgehead atoms. The van der Waals surface area contributed by atoms with Crippen LogP contribution in [-0.4, -0.2) is 36.6 Å². The van der Waals surface area contributed by atoms with Crippen molar-refractivity contribution in [1.82, 2.24) is 4.90 Å². The Hall–Kier alpha value is -1.08. The Morgan fingerprint density at radius 2 is 2.58 bits per heavy atom. The monoisotopic (exact) mass is 168 g/mol. The summed E-state index contributed by atoms with van der Waals surface area (Å²) in [5.41, 5.74) is 0. The van der Waals surface area contributed by atoms with Crippen molar-refractivity contribution in [1.29, 1.82) is 5.26 Å². The van der Waals surface area contributed by atoms with Crippen molar-refractivity contribution in [2.45, 2.75) is 19.4 Å². The van der Waals surface area contributed by atoms with Crippen LogP contribution in [-0.2, 0) is 9.53 Å². The molecule has 0 aromatic rings. The molecule has 0 spiro atoms. The lowest BCUT2D eigenvalue weighted by molar-refractivity contribution is -0.143. The molecule has 4 heteroatoms. The van der Waals surface area contributed by atoms with Gasteiger partial charge in [-0.3, -0.25) is 9.69 Å². The van der Waals surface area contributed by atoms with E-state index in [0.717, 1.165) is 6.54 Å². The van der Waals surface area contributed by atoms with Crippen LogP contribution >= 0.6 is 0 Å². The zero-order chi connectivity index (χ0) is 8.97. The largest absolute Gasteiger partial charge is 0.466 e. The number of carbonyl (C=O) groups is 1. The first-order chi connectivity index (χ1) is 5.77. The van der Waals surface area contributed by atoms with Gasteiger partial charge in [-0.1, -0.05) is 0 Å². The van der Waals surface area contributed by atoms with Crippen molar-refractivity contribution in [2.75, 3.05) is 19.7 Å². The summed E-state index contributed by atoms with van der Waals surface area (Å²) in [5.74, 6) is -0.180. The zero-order valence-corrected chi connectivity index (χ0v) is 7.12. The van der Waals surface area contributed by atoms with Crippen LogP contribution in [0.2, 0.25) is 0 Å². The van der Waals surface area contributed by atoms with Crippen molar-refractivity contribution in [3.8, 4) is 6.07 Å². The molecule has 2 atom stereocenters. The van der Waals surface area contributed by atoms with Crippen LogP contribution in [0.3, 0.4) is 0 Å². The number of hydrogen-bond acceptors (Lipinski definition) is 4. The Morgan fingerprint density at radius 3 is 3.08 bits per heavy atom. The third-order valence-electron chi connectivity index (χ3n) is 1.77. The highest BCUT2D eigenvalue weighted by Gasteiger charge is 2.33. The van der Waals surface area contributed by atoms with Crippen LogP contribution in [0.15, 0.2) is 0 Å². The van der Waals surface area contributed by atoms with Crippen molar-refractivity contribution in [3.05, 3.63) is 0 Å². The fourth-order valence-corrected chi connectivity index (χ4v) is 1.01. The van der Waals surface area contributed by atoms with Gasteiger partial charge in [0, 0.05) is 13.1 Å². The molecule has 0 aliphatic carbocycles. The van der Waals surface area contributed by atoms with Gasteiger partial charge in [-0.25, -0.2) is 0 Å². The molecule has 0 aromatic heterocycles. The maximum atomic E-state index is 10.8. The molecule has 0 N–H and O–H groups in total. The van der Waals surface area contributed by atoms with E-state index < -0.39 is 0 Å². The van der Waals surface area contributed by atoms with E-state index in [9.17, 15) is 4.79 Å². The number of esters is 1. The highest BCUT2D eigenvalue weighted by Crippen LogP contribution is 2.15. The van der Waals surface area contributed by atoms with Gasteiger partial charge in [-0.15, -0.1) is 0 Å². The van der Waals surface area contributed by atoms with E-state index in [1.165, 1.54) is 0 Å². The van der Waals surface area contributed by atoms with Crippen molar-refractivity contribution in [3.63, 3.8) is 0 Å². The standard InChI is InChI=1S/C8H12N2O2/c1-2-12-8(11)3-4-10-6-7(10)5-9/h7H,2-4,6H2,1H3. The Morgan fingerprint density at radius 1 is 1.83 bits per heavy atom. The maximum Gasteiger partial charge on any atom is 0.307 e. The van der Waals surface area contributed by atoms with Gasteiger partial charge >= 0.3 is 5.97 Å². The van der Waals surface area contributed by atoms with E-state index in [4.69, 9.17) is 10.00 Å². The van der Waals surface area contributed by atoms with Crippen LogP contribution in [0, 0.1) is 11.3 Å². The van der Waals surface area contributed by atoms with Gasteiger partial charge in [0.25, 0.3) is 0 Å². The number of rotatable bonds is 4. The first kappa shape index (κ1) is 9.01. The lowest BCUT2D eigenvalue weighted by Crippen LogP contribution is -2.11. The smallest absolute Gasteiger partial charge is 0.307 e. The summed E-state index contributed by atoms with van der Waals surface area (Å²) in [5, 5.41) is 8.44. The minimum atomic E-state index is -0.180. The molecule has 4 nitrogen and oxygen atoms in total. The van der Waals surface area contributed by atoms with E-state index in [-0.39, 0.29) is 12.0 Å². The van der Waals surface area contributed by atoms with Crippen molar-refractivity contribution in [2.24, 2.45) is 0 Å². The normalized spacial score (nSPS) is 26.0. The Kier molecular flexibility index (Phi) is 3.06. The molecule has 12 heavy (non-hydrogen) atoms. The molecule has 0 saturated carbocycles. The molecular formula is C8H12N2O2. The van der Waals surface area contributed by atoms with Gasteiger partial charge in [0.05, 0.1) is 19.1 Å². The molecule has 66 valence electrons. The second-order valence-electron chi connectivity index (χ2n) is 2.69. The Balaban J connectivity index is 2.04. The third-order valence-corrected chi connectivity index (χ3v) is 1.77. The number of nitrogens with zero attached hydrogens (tertiary/aromatic N) is 2. The lowest BCUT2D eigenvalue weighted by Gasteiger charge is -2.01. The second kappa shape index (κ2) is 4.07. The molecule has 1 rings (SSSR count). The minimum absolute atomic E-state index is 0.0411. The number of hydrogen-bond donors (Lipinski definition) is 0. The summed E-state index contributed by atoms with van der Waals surface area (Å²) in [4.78, 5) is 12.8. The van der Waals surface area contributed by atoms with E-state index >= 15 is 0 Å². The fourth-order valence-electron chi connectivity index (χ4n) is 1.01. The highest BCUT2D eigenvalue weighted by molar-refractivity contribution is 5.69. The summed E-state index contributed by atoms with van der Waals surface area (Å²) in [6, 6.07) is 2.16. The van der Waals surface area contributed by atoms with Crippen LogP contribution in [0.5, 0.6) is 0 Å². The van der Waals surface area contributed by atoms with E-state index in [1.54, 1.807) is 6.92 Å². The third kappa shape index (κ3) is 2.51. The van der Waals surface area contributed by atoms with Gasteiger partial charge < -0.3 is 4.74 Å². The molecular weight excluding hydrogens is 156 g/mol. The topological polar surface area (TPSA) is 53.1 Å². The predicted molar refractivity (Wildman–Crippen MR) is 42.2 cm³/mol. The summed E-state index contributed by atoms with van der Waals surface area (Å²) < 4.78 is 4.74. The van der Waals surface area contributed by atoms with Gasteiger partial charge in [0.1, 0.15) is 6.04 Å². The first-order valence-corrected chi connectivity index (χ1v) is 4.07. The SMILES string of the molecule is CCOC(=O)CCN1CC1C#N. The number of nitriles is 1. The number of carbonyl (C=O) groups excluding carboxylic acids is 1. The molecule has 2 unspecified atom stereocenters. The predicted octanol–water partition coefficient (Wildman–Crippen LogP) is 0.147. The van der Waals surface area contributed by atoms with Crippen LogP contribution < -0.4 is 0 Å². The summed E-state index contributed by atoms with van der Waals surface area (Å²) in [6.45, 7) is 3.67. The van der Waals surface area contributed by atoms with Gasteiger partial charge in [0.15, 0.2) is 0 Å². The van der Waals surface area contributed by atoms with E-state index in [2.05, 4.69) is 6.07 Å². The highest BCUT2D eigenvalue weighted by atomic mass is 16.5. The Bertz CT molecular complexity index is 210. The second-order valence-corrected chi connectivity index (χ2v) is 2.69. The van der Waals surface area contributed by atoms with Crippen LogP contribution in [0.4, 0.5) is 0 Å². The van der Waals surface area contributed by atoms with Gasteiger partial charge in [-0.05, 0) is 6.92 Å². The summed E-state index contributed by atoms with van der Waals surface area (Å²) >= 11 is 0. The van der Waals surface area contributed by atoms with Gasteiger partial charge in [0.2, 0.25) is 0 Å².